The molecule has 1 aromatic heterocycles. The molecule has 2 saturated heterocycles. The Balaban J connectivity index is 1.44. The molecule has 3 aromatic rings. The number of rotatable bonds is 8. The highest BCUT2D eigenvalue weighted by Crippen LogP contribution is 2.36. The van der Waals surface area contributed by atoms with E-state index in [1.54, 1.807) is 21.7 Å². The van der Waals surface area contributed by atoms with Gasteiger partial charge >= 0.3 is 24.0 Å². The molecule has 0 bridgehead atoms. The number of carbonyl (C=O) groups is 4. The van der Waals surface area contributed by atoms with Gasteiger partial charge < -0.3 is 33.2 Å². The first kappa shape index (κ1) is 31.0. The zero-order chi connectivity index (χ0) is 31.4. The number of aromatic nitrogens is 1. The highest BCUT2D eigenvalue weighted by molar-refractivity contribution is 5.84. The van der Waals surface area contributed by atoms with E-state index in [4.69, 9.17) is 23.7 Å². The van der Waals surface area contributed by atoms with Crippen LogP contribution in [0.1, 0.15) is 51.0 Å². The van der Waals surface area contributed by atoms with Crippen LogP contribution in [0.15, 0.2) is 54.7 Å². The van der Waals surface area contributed by atoms with E-state index in [-0.39, 0.29) is 19.3 Å². The van der Waals surface area contributed by atoms with Crippen LogP contribution in [0.3, 0.4) is 0 Å². The number of nitrogens with zero attached hydrogens (tertiary/aromatic N) is 2. The van der Waals surface area contributed by atoms with Crippen molar-refractivity contribution in [2.75, 3.05) is 13.2 Å². The van der Waals surface area contributed by atoms with Crippen molar-refractivity contribution >= 4 is 34.9 Å². The van der Waals surface area contributed by atoms with Gasteiger partial charge in [-0.3, -0.25) is 14.4 Å². The van der Waals surface area contributed by atoms with E-state index >= 15 is 0 Å². The third-order valence-corrected chi connectivity index (χ3v) is 7.75. The topological polar surface area (TPSA) is 123 Å². The molecule has 0 aliphatic carbocycles. The summed E-state index contributed by atoms with van der Waals surface area (Å²) in [7, 11) is 0. The van der Waals surface area contributed by atoms with Gasteiger partial charge in [0, 0.05) is 44.9 Å². The van der Waals surface area contributed by atoms with E-state index in [1.807, 2.05) is 30.3 Å². The summed E-state index contributed by atoms with van der Waals surface area (Å²) in [6, 6.07) is 13.6. The number of ether oxygens (including phenoxy) is 5. The minimum Gasteiger partial charge on any atom is -0.456 e. The van der Waals surface area contributed by atoms with Gasteiger partial charge in [0.2, 0.25) is 0 Å². The summed E-state index contributed by atoms with van der Waals surface area (Å²) in [6.45, 7) is 4.13. The predicted molar refractivity (Wildman–Crippen MR) is 154 cm³/mol. The standard InChI is InChI=1S/C32H35FN2O9/c1-19(36)42-28-18-40-31(30(44-21(3)38)29(28)43-20(2)37)35-16-23(26-12-11-24(33)15-27(26)35)14-25-10-7-13-34(25)32(39)41-17-22-8-5-4-6-9-22/h4-6,8-9,11-12,15-16,25,28-31H,7,10,13-14,17-18H2,1-3H3/t25-,28+,29-,30+,31?/m0/s1. The second-order valence-corrected chi connectivity index (χ2v) is 11.0. The van der Waals surface area contributed by atoms with Gasteiger partial charge in [0.15, 0.2) is 24.5 Å². The Morgan fingerprint density at radius 1 is 0.932 bits per heavy atom. The Kier molecular flexibility index (Phi) is 9.48. The van der Waals surface area contributed by atoms with Crippen molar-refractivity contribution in [3.05, 3.63) is 71.7 Å². The smallest absolute Gasteiger partial charge is 0.410 e. The molecule has 234 valence electrons. The summed E-state index contributed by atoms with van der Waals surface area (Å²) in [5.41, 5.74) is 2.15. The number of carbonyl (C=O) groups excluding carboxylic acids is 4. The van der Waals surface area contributed by atoms with Gasteiger partial charge in [-0.1, -0.05) is 30.3 Å². The lowest BCUT2D eigenvalue weighted by atomic mass is 10.0. The Morgan fingerprint density at radius 2 is 1.64 bits per heavy atom. The minimum absolute atomic E-state index is 0.163. The summed E-state index contributed by atoms with van der Waals surface area (Å²) in [6.07, 6.45) is -1.12. The van der Waals surface area contributed by atoms with Crippen molar-refractivity contribution in [1.29, 1.82) is 0 Å². The Morgan fingerprint density at radius 3 is 2.34 bits per heavy atom. The lowest BCUT2D eigenvalue weighted by molar-refractivity contribution is -0.239. The maximum Gasteiger partial charge on any atom is 0.410 e. The fourth-order valence-corrected chi connectivity index (χ4v) is 5.98. The van der Waals surface area contributed by atoms with Crippen LogP contribution in [-0.2, 0) is 51.1 Å². The normalized spacial score (nSPS) is 23.3. The van der Waals surface area contributed by atoms with E-state index < -0.39 is 54.4 Å². The number of hydrogen-bond acceptors (Lipinski definition) is 9. The third-order valence-electron chi connectivity index (χ3n) is 7.75. The van der Waals surface area contributed by atoms with E-state index in [9.17, 15) is 23.6 Å². The molecular weight excluding hydrogens is 575 g/mol. The maximum absolute atomic E-state index is 14.6. The lowest BCUT2D eigenvalue weighted by Gasteiger charge is -2.41. The molecule has 0 spiro atoms. The molecule has 0 N–H and O–H groups in total. The maximum atomic E-state index is 14.6. The summed E-state index contributed by atoms with van der Waals surface area (Å²) < 4.78 is 44.4. The van der Waals surface area contributed by atoms with Gasteiger partial charge in [-0.25, -0.2) is 9.18 Å². The Labute approximate surface area is 253 Å². The molecule has 5 rings (SSSR count). The first-order valence-corrected chi connectivity index (χ1v) is 14.5. The summed E-state index contributed by atoms with van der Waals surface area (Å²) in [4.78, 5) is 50.8. The molecule has 12 heteroatoms. The number of likely N-dealkylation sites (tertiary alicyclic amines) is 1. The number of halogens is 1. The Bertz CT molecular complexity index is 1520. The van der Waals surface area contributed by atoms with Crippen molar-refractivity contribution in [2.45, 2.75) is 77.2 Å². The minimum atomic E-state index is -1.22. The van der Waals surface area contributed by atoms with Gasteiger partial charge in [-0.05, 0) is 48.6 Å². The van der Waals surface area contributed by atoms with Crippen LogP contribution in [0.25, 0.3) is 10.9 Å². The van der Waals surface area contributed by atoms with Gasteiger partial charge in [0.1, 0.15) is 12.4 Å². The molecule has 3 heterocycles. The van der Waals surface area contributed by atoms with Gasteiger partial charge in [-0.2, -0.15) is 0 Å². The van der Waals surface area contributed by atoms with Crippen molar-refractivity contribution in [3.8, 4) is 0 Å². The number of hydrogen-bond donors (Lipinski definition) is 0. The van der Waals surface area contributed by atoms with Crippen molar-refractivity contribution in [1.82, 2.24) is 9.47 Å². The average molecular weight is 611 g/mol. The molecule has 1 unspecified atom stereocenters. The second-order valence-electron chi connectivity index (χ2n) is 11.0. The summed E-state index contributed by atoms with van der Waals surface area (Å²) >= 11 is 0. The highest BCUT2D eigenvalue weighted by Gasteiger charge is 2.48. The number of fused-ring (bicyclic) bond motifs is 1. The van der Waals surface area contributed by atoms with Crippen molar-refractivity contribution < 1.29 is 47.3 Å². The number of benzene rings is 2. The first-order valence-electron chi connectivity index (χ1n) is 14.5. The first-order chi connectivity index (χ1) is 21.1. The molecule has 2 aliphatic rings. The molecule has 44 heavy (non-hydrogen) atoms. The van der Waals surface area contributed by atoms with Crippen LogP contribution in [0, 0.1) is 5.82 Å². The molecule has 5 atom stereocenters. The molecule has 11 nitrogen and oxygen atoms in total. The summed E-state index contributed by atoms with van der Waals surface area (Å²) in [5.74, 6) is -2.48. The molecule has 2 aromatic carbocycles. The molecule has 0 saturated carbocycles. The average Bonchev–Trinajstić information content (AvgIpc) is 3.58. The fourth-order valence-electron chi connectivity index (χ4n) is 5.98. The zero-order valence-electron chi connectivity index (χ0n) is 24.8. The van der Waals surface area contributed by atoms with Crippen LogP contribution < -0.4 is 0 Å². The van der Waals surface area contributed by atoms with Crippen LogP contribution in [0.5, 0.6) is 0 Å². The summed E-state index contributed by atoms with van der Waals surface area (Å²) in [5, 5.41) is 0.715. The van der Waals surface area contributed by atoms with Crippen LogP contribution in [-0.4, -0.2) is 71.0 Å². The molecule has 1 amide bonds. The van der Waals surface area contributed by atoms with E-state index in [0.29, 0.717) is 23.9 Å². The van der Waals surface area contributed by atoms with Crippen LogP contribution in [0.4, 0.5) is 9.18 Å². The number of amides is 1. The lowest BCUT2D eigenvalue weighted by Crippen LogP contribution is -2.55. The van der Waals surface area contributed by atoms with E-state index in [1.165, 1.54) is 32.9 Å². The quantitative estimate of drug-likeness (QED) is 0.269. The van der Waals surface area contributed by atoms with Gasteiger partial charge in [-0.15, -0.1) is 0 Å². The van der Waals surface area contributed by atoms with Crippen molar-refractivity contribution in [2.24, 2.45) is 0 Å². The van der Waals surface area contributed by atoms with E-state index in [2.05, 4.69) is 0 Å². The van der Waals surface area contributed by atoms with Crippen molar-refractivity contribution in [3.63, 3.8) is 0 Å². The zero-order valence-corrected chi connectivity index (χ0v) is 24.8. The van der Waals surface area contributed by atoms with Crippen LogP contribution in [0.2, 0.25) is 0 Å². The van der Waals surface area contributed by atoms with Gasteiger partial charge in [0.05, 0.1) is 12.1 Å². The van der Waals surface area contributed by atoms with Gasteiger partial charge in [0.25, 0.3) is 0 Å². The third kappa shape index (κ3) is 7.02. The Hall–Kier alpha value is -4.45. The van der Waals surface area contributed by atoms with Crippen LogP contribution >= 0.6 is 0 Å². The predicted octanol–water partition coefficient (Wildman–Crippen LogP) is 4.45. The number of esters is 3. The monoisotopic (exact) mass is 610 g/mol. The second kappa shape index (κ2) is 13.5. The molecular formula is C32H35FN2O9. The molecule has 0 radical (unpaired) electrons. The molecule has 2 fully saturated rings. The largest absolute Gasteiger partial charge is 0.456 e. The highest BCUT2D eigenvalue weighted by atomic mass is 19.1. The van der Waals surface area contributed by atoms with E-state index in [0.717, 1.165) is 24.0 Å². The fraction of sp³-hybridized carbons (Fsp3) is 0.438. The molecule has 2 aliphatic heterocycles. The SMILES string of the molecule is CC(=O)O[C@H]1[C@H](OC(C)=O)COC(n2cc(C[C@@H]3CCCN3C(=O)OCc3ccccc3)c3ccc(F)cc32)[C@@H]1OC(C)=O.